The first kappa shape index (κ1) is 29.5. The van der Waals surface area contributed by atoms with E-state index < -0.39 is 11.7 Å². The lowest BCUT2D eigenvalue weighted by atomic mass is 9.74. The molecule has 1 saturated carbocycles. The third kappa shape index (κ3) is 8.76. The first-order valence-electron chi connectivity index (χ1n) is 13.8. The minimum atomic E-state index is -1.20. The van der Waals surface area contributed by atoms with E-state index in [4.69, 9.17) is 16.3 Å². The van der Waals surface area contributed by atoms with Gasteiger partial charge in [0.05, 0.1) is 12.7 Å². The zero-order chi connectivity index (χ0) is 26.7. The van der Waals surface area contributed by atoms with Crippen LogP contribution in [0.25, 0.3) is 0 Å². The van der Waals surface area contributed by atoms with Crippen molar-refractivity contribution in [3.63, 3.8) is 0 Å². The standard InChI is InChI=1S/C28H44ClN3O5/c1-30-19-25(17-21-9-4-3-5-10-21)37-27(34)32-16-7-12-23(20-32)28(35,14-8-15-31-26(33)36-2)22-11-6-13-24(29)18-22/h6,11,13,18,21,23,25,30,35H,3-5,7-10,12,14-17,19-20H2,1-2H3,(H,31,33)/t23?,25-,28-/m1/s1. The number of piperidine rings is 1. The molecule has 3 atom stereocenters. The topological polar surface area (TPSA) is 100 Å². The highest BCUT2D eigenvalue weighted by Crippen LogP contribution is 2.40. The lowest BCUT2D eigenvalue weighted by Crippen LogP contribution is -2.49. The average molecular weight is 538 g/mol. The van der Waals surface area contributed by atoms with E-state index in [1.165, 1.54) is 39.2 Å². The van der Waals surface area contributed by atoms with Gasteiger partial charge >= 0.3 is 12.2 Å². The van der Waals surface area contributed by atoms with E-state index in [1.54, 1.807) is 17.0 Å². The maximum atomic E-state index is 13.3. The molecule has 1 unspecified atom stereocenters. The Hall–Kier alpha value is -2.03. The quantitative estimate of drug-likeness (QED) is 0.341. The van der Waals surface area contributed by atoms with Crippen LogP contribution in [0.4, 0.5) is 9.59 Å². The molecule has 0 bridgehead atoms. The first-order chi connectivity index (χ1) is 17.9. The smallest absolute Gasteiger partial charge is 0.410 e. The number of likely N-dealkylation sites (tertiary alicyclic amines) is 1. The molecule has 1 aliphatic carbocycles. The van der Waals surface area contributed by atoms with E-state index in [0.717, 1.165) is 24.8 Å². The molecule has 37 heavy (non-hydrogen) atoms. The maximum Gasteiger partial charge on any atom is 0.410 e. The van der Waals surface area contributed by atoms with Crippen molar-refractivity contribution < 1.29 is 24.2 Å². The minimum absolute atomic E-state index is 0.155. The van der Waals surface area contributed by atoms with Crippen molar-refractivity contribution in [1.29, 1.82) is 0 Å². The summed E-state index contributed by atoms with van der Waals surface area (Å²) in [5.74, 6) is 0.423. The fourth-order valence-electron chi connectivity index (χ4n) is 5.91. The van der Waals surface area contributed by atoms with Crippen LogP contribution in [0.1, 0.15) is 69.8 Å². The van der Waals surface area contributed by atoms with Gasteiger partial charge in [0.1, 0.15) is 6.10 Å². The number of nitrogens with one attached hydrogen (secondary N) is 2. The number of likely N-dealkylation sites (N-methyl/N-ethyl adjacent to an activating group) is 1. The molecule has 2 fully saturated rings. The van der Waals surface area contributed by atoms with Crippen LogP contribution in [-0.2, 0) is 15.1 Å². The zero-order valence-corrected chi connectivity index (χ0v) is 23.1. The van der Waals surface area contributed by atoms with Crippen LogP contribution in [0.5, 0.6) is 0 Å². The number of amides is 2. The molecule has 2 amide bonds. The number of hydrogen-bond donors (Lipinski definition) is 3. The summed E-state index contributed by atoms with van der Waals surface area (Å²) < 4.78 is 10.7. The number of methoxy groups -OCH3 is 1. The minimum Gasteiger partial charge on any atom is -0.453 e. The molecule has 2 aliphatic rings. The molecule has 1 aliphatic heterocycles. The van der Waals surface area contributed by atoms with E-state index in [9.17, 15) is 14.7 Å². The van der Waals surface area contributed by atoms with Gasteiger partial charge in [0.2, 0.25) is 0 Å². The molecule has 3 rings (SSSR count). The van der Waals surface area contributed by atoms with Gasteiger partial charge in [0.15, 0.2) is 0 Å². The van der Waals surface area contributed by atoms with Gasteiger partial charge in [-0.05, 0) is 62.8 Å². The highest BCUT2D eigenvalue weighted by molar-refractivity contribution is 6.30. The predicted octanol–water partition coefficient (Wildman–Crippen LogP) is 5.07. The Balaban J connectivity index is 1.68. The Morgan fingerprint density at radius 3 is 2.70 bits per heavy atom. The molecule has 0 radical (unpaired) electrons. The lowest BCUT2D eigenvalue weighted by molar-refractivity contribution is -0.0611. The van der Waals surface area contributed by atoms with Gasteiger partial charge in [-0.1, -0.05) is 55.8 Å². The van der Waals surface area contributed by atoms with E-state index in [0.29, 0.717) is 50.0 Å². The predicted molar refractivity (Wildman–Crippen MR) is 145 cm³/mol. The molecule has 0 spiro atoms. The lowest BCUT2D eigenvalue weighted by Gasteiger charge is -2.43. The van der Waals surface area contributed by atoms with E-state index in [2.05, 4.69) is 15.4 Å². The molecule has 3 N–H and O–H groups in total. The van der Waals surface area contributed by atoms with Crippen LogP contribution in [0.3, 0.4) is 0 Å². The number of hydrogen-bond acceptors (Lipinski definition) is 6. The number of aliphatic hydroxyl groups is 1. The number of halogens is 1. The van der Waals surface area contributed by atoms with Crippen molar-refractivity contribution in [2.45, 2.75) is 75.9 Å². The normalized spacial score (nSPS) is 21.1. The van der Waals surface area contributed by atoms with E-state index in [1.807, 2.05) is 19.2 Å². The highest BCUT2D eigenvalue weighted by atomic mass is 35.5. The van der Waals surface area contributed by atoms with Crippen LogP contribution in [0, 0.1) is 11.8 Å². The first-order valence-corrected chi connectivity index (χ1v) is 14.1. The van der Waals surface area contributed by atoms with E-state index >= 15 is 0 Å². The molecule has 1 heterocycles. The van der Waals surface area contributed by atoms with E-state index in [-0.39, 0.29) is 18.1 Å². The van der Waals surface area contributed by atoms with Crippen LogP contribution in [0.15, 0.2) is 24.3 Å². The van der Waals surface area contributed by atoms with Crippen molar-refractivity contribution in [1.82, 2.24) is 15.5 Å². The third-order valence-corrected chi connectivity index (χ3v) is 8.12. The van der Waals surface area contributed by atoms with Gasteiger partial charge in [-0.15, -0.1) is 0 Å². The number of benzene rings is 1. The Kier molecular flexibility index (Phi) is 11.8. The summed E-state index contributed by atoms with van der Waals surface area (Å²) in [7, 11) is 3.21. The summed E-state index contributed by atoms with van der Waals surface area (Å²) in [6.07, 6.45) is 8.69. The van der Waals surface area contributed by atoms with Crippen LogP contribution >= 0.6 is 11.6 Å². The fraction of sp³-hybridized carbons (Fsp3) is 0.714. The van der Waals surface area contributed by atoms with Crippen molar-refractivity contribution in [3.8, 4) is 0 Å². The van der Waals surface area contributed by atoms with Gasteiger partial charge in [0, 0.05) is 37.1 Å². The molecule has 1 aromatic rings. The number of rotatable bonds is 11. The summed E-state index contributed by atoms with van der Waals surface area (Å²) >= 11 is 6.28. The Morgan fingerprint density at radius 1 is 1.22 bits per heavy atom. The largest absolute Gasteiger partial charge is 0.453 e. The Bertz CT molecular complexity index is 866. The van der Waals surface area contributed by atoms with Crippen LogP contribution in [0.2, 0.25) is 5.02 Å². The SMILES string of the molecule is CNC[C@@H](CC1CCCCC1)OC(=O)N1CCCC([C@@](O)(CCCNC(=O)OC)c2cccc(Cl)c2)C1. The molecule has 9 heteroatoms. The van der Waals surface area contributed by atoms with Gasteiger partial charge in [-0.25, -0.2) is 9.59 Å². The van der Waals surface area contributed by atoms with Crippen LogP contribution in [-0.4, -0.2) is 68.6 Å². The van der Waals surface area contributed by atoms with Gasteiger partial charge in [-0.3, -0.25) is 0 Å². The molecule has 1 aromatic carbocycles. The zero-order valence-electron chi connectivity index (χ0n) is 22.3. The van der Waals surface area contributed by atoms with Crippen LogP contribution < -0.4 is 10.6 Å². The van der Waals surface area contributed by atoms with Crippen molar-refractivity contribution in [3.05, 3.63) is 34.9 Å². The number of alkyl carbamates (subject to hydrolysis) is 1. The van der Waals surface area contributed by atoms with Crippen molar-refractivity contribution in [2.75, 3.05) is 40.3 Å². The highest BCUT2D eigenvalue weighted by Gasteiger charge is 2.42. The van der Waals surface area contributed by atoms with Gasteiger partial charge in [-0.2, -0.15) is 0 Å². The Labute approximate surface area is 226 Å². The maximum absolute atomic E-state index is 13.3. The number of ether oxygens (including phenoxy) is 2. The number of nitrogens with zero attached hydrogens (tertiary/aromatic N) is 1. The Morgan fingerprint density at radius 2 is 2.00 bits per heavy atom. The number of carbonyl (C=O) groups is 2. The molecule has 1 saturated heterocycles. The molecular formula is C28H44ClN3O5. The summed E-state index contributed by atoms with van der Waals surface area (Å²) in [6, 6.07) is 7.28. The van der Waals surface area contributed by atoms with Gasteiger partial charge < -0.3 is 30.1 Å². The summed E-state index contributed by atoms with van der Waals surface area (Å²) in [5, 5.41) is 18.4. The number of carbonyl (C=O) groups excluding carboxylic acids is 2. The molecular weight excluding hydrogens is 494 g/mol. The molecule has 8 nitrogen and oxygen atoms in total. The third-order valence-electron chi connectivity index (χ3n) is 7.89. The second-order valence-corrected chi connectivity index (χ2v) is 11.0. The second kappa shape index (κ2) is 14.8. The summed E-state index contributed by atoms with van der Waals surface area (Å²) in [4.78, 5) is 26.5. The summed E-state index contributed by atoms with van der Waals surface area (Å²) in [6.45, 7) is 2.03. The van der Waals surface area contributed by atoms with Gasteiger partial charge in [0.25, 0.3) is 0 Å². The fourth-order valence-corrected chi connectivity index (χ4v) is 6.10. The monoisotopic (exact) mass is 537 g/mol. The average Bonchev–Trinajstić information content (AvgIpc) is 2.91. The van der Waals surface area contributed by atoms with Crippen molar-refractivity contribution >= 4 is 23.8 Å². The van der Waals surface area contributed by atoms with Crippen molar-refractivity contribution in [2.24, 2.45) is 11.8 Å². The molecule has 208 valence electrons. The summed E-state index contributed by atoms with van der Waals surface area (Å²) in [5.41, 5.74) is -0.475. The molecule has 0 aromatic heterocycles. The second-order valence-electron chi connectivity index (χ2n) is 10.5.